The topological polar surface area (TPSA) is 70.2 Å². The molecule has 0 saturated carbocycles. The molecule has 0 atom stereocenters. The molecule has 1 aliphatic heterocycles. The molecular formula is C26H33ClFN5OS. The minimum absolute atomic E-state index is 0.164. The summed E-state index contributed by atoms with van der Waals surface area (Å²) in [4.78, 5) is 22.6. The summed E-state index contributed by atoms with van der Waals surface area (Å²) in [6, 6.07) is 14.5. The van der Waals surface area contributed by atoms with E-state index in [0.717, 1.165) is 10.6 Å². The first-order valence-electron chi connectivity index (χ1n) is 11.4. The number of anilines is 2. The predicted octanol–water partition coefficient (Wildman–Crippen LogP) is 6.71. The van der Waals surface area contributed by atoms with E-state index in [4.69, 9.17) is 11.6 Å². The smallest absolute Gasteiger partial charge is 0.248 e. The monoisotopic (exact) mass is 517 g/mol. The number of rotatable bonds is 4. The molecule has 188 valence electrons. The minimum atomic E-state index is -0.406. The molecule has 0 aliphatic carbocycles. The molecule has 0 bridgehead atoms. The summed E-state index contributed by atoms with van der Waals surface area (Å²) in [6.07, 6.45) is 5.09. The van der Waals surface area contributed by atoms with E-state index in [9.17, 15) is 9.18 Å². The van der Waals surface area contributed by atoms with Gasteiger partial charge in [-0.25, -0.2) is 14.4 Å². The summed E-state index contributed by atoms with van der Waals surface area (Å²) in [5.41, 5.74) is 1.97. The molecule has 2 aromatic carbocycles. The normalized spacial score (nSPS) is 11.1. The number of halogens is 2. The zero-order valence-corrected chi connectivity index (χ0v) is 22.5. The fraction of sp³-hybridized carbons (Fsp3) is 0.269. The molecule has 1 amide bonds. The van der Waals surface area contributed by atoms with Crippen molar-refractivity contribution in [2.45, 2.75) is 32.6 Å². The summed E-state index contributed by atoms with van der Waals surface area (Å²) >= 11 is 7.49. The molecule has 35 heavy (non-hydrogen) atoms. The minimum Gasteiger partial charge on any atom is -0.368 e. The number of hydrogen-bond acceptors (Lipinski definition) is 6. The quantitative estimate of drug-likeness (QED) is 0.375. The molecule has 2 N–H and O–H groups in total. The van der Waals surface area contributed by atoms with Gasteiger partial charge in [0, 0.05) is 49.1 Å². The molecule has 0 radical (unpaired) electrons. The first-order valence-corrected chi connectivity index (χ1v) is 12.5. The van der Waals surface area contributed by atoms with E-state index in [1.165, 1.54) is 24.1 Å². The second-order valence-corrected chi connectivity index (χ2v) is 7.81. The fourth-order valence-corrected chi connectivity index (χ4v) is 3.87. The second kappa shape index (κ2) is 16.5. The van der Waals surface area contributed by atoms with Crippen LogP contribution < -0.4 is 14.9 Å². The zero-order valence-electron chi connectivity index (χ0n) is 21.0. The number of hydrogen-bond donors (Lipinski definition) is 2. The van der Waals surface area contributed by atoms with Gasteiger partial charge in [-0.05, 0) is 48.4 Å². The molecule has 9 heteroatoms. The number of nitrogens with zero attached hydrogens (tertiary/aromatic N) is 3. The Morgan fingerprint density at radius 2 is 1.69 bits per heavy atom. The lowest BCUT2D eigenvalue weighted by Gasteiger charge is -2.28. The number of aromatic nitrogens is 2. The Morgan fingerprint density at radius 1 is 1.06 bits per heavy atom. The molecular weight excluding hydrogens is 485 g/mol. The molecule has 6 nitrogen and oxygen atoms in total. The highest BCUT2D eigenvalue weighted by Gasteiger charge is 2.21. The third kappa shape index (κ3) is 9.58. The van der Waals surface area contributed by atoms with Crippen LogP contribution in [0.5, 0.6) is 0 Å². The average molecular weight is 518 g/mol. The van der Waals surface area contributed by atoms with Crippen LogP contribution in [0.3, 0.4) is 0 Å². The maximum absolute atomic E-state index is 13.3. The highest BCUT2D eigenvalue weighted by molar-refractivity contribution is 8.00. The molecule has 0 fully saturated rings. The Labute approximate surface area is 217 Å². The van der Waals surface area contributed by atoms with Crippen LogP contribution in [-0.2, 0) is 4.79 Å². The Morgan fingerprint density at radius 3 is 2.29 bits per heavy atom. The van der Waals surface area contributed by atoms with Crippen LogP contribution in [-0.4, -0.2) is 36.5 Å². The van der Waals surface area contributed by atoms with Crippen LogP contribution in [0.1, 0.15) is 33.3 Å². The molecule has 2 heterocycles. The van der Waals surface area contributed by atoms with Crippen molar-refractivity contribution in [2.24, 2.45) is 0 Å². The summed E-state index contributed by atoms with van der Waals surface area (Å²) in [5, 5.41) is 2.91. The van der Waals surface area contributed by atoms with Crippen LogP contribution >= 0.6 is 23.5 Å². The summed E-state index contributed by atoms with van der Waals surface area (Å²) in [5.74, 6) is 0.0563. The van der Waals surface area contributed by atoms with Gasteiger partial charge in [0.15, 0.2) is 0 Å². The number of fused-ring (bicyclic) bond motifs is 1. The fourth-order valence-electron chi connectivity index (χ4n) is 2.91. The molecule has 4 rings (SSSR count). The van der Waals surface area contributed by atoms with E-state index < -0.39 is 5.82 Å². The van der Waals surface area contributed by atoms with Crippen molar-refractivity contribution in [1.82, 2.24) is 15.3 Å². The number of benzene rings is 2. The van der Waals surface area contributed by atoms with Crippen LogP contribution in [0.25, 0.3) is 6.08 Å². The Balaban J connectivity index is 0.000000311. The standard InChI is InChI=1S/C12H12ClFN2O.C10H9N3S.2C2H6/c1-15-12(17)8-3-7-4-9(14)5-10(13)11(7)16(2)6-8;1-2-5-9(6-3-1)14-13-10-11-7-4-8-12-10;2*1-2/h3-5H,6H2,1-2H3,(H,15,17);1-8H,(H,11,12,13);2*1-2H3. The Bertz CT molecular complexity index is 1030. The van der Waals surface area contributed by atoms with Crippen molar-refractivity contribution >= 4 is 47.2 Å². The van der Waals surface area contributed by atoms with Crippen molar-refractivity contribution in [1.29, 1.82) is 0 Å². The average Bonchev–Trinajstić information content (AvgIpc) is 2.90. The molecule has 0 spiro atoms. The van der Waals surface area contributed by atoms with E-state index in [1.54, 1.807) is 31.6 Å². The van der Waals surface area contributed by atoms with Crippen molar-refractivity contribution in [3.05, 3.63) is 82.9 Å². The Kier molecular flexibility index (Phi) is 14.1. The van der Waals surface area contributed by atoms with Crippen LogP contribution in [0.15, 0.2) is 71.4 Å². The van der Waals surface area contributed by atoms with E-state index in [0.29, 0.717) is 28.7 Å². The number of carbonyl (C=O) groups is 1. The van der Waals surface area contributed by atoms with Gasteiger partial charge in [0.2, 0.25) is 11.9 Å². The molecule has 0 saturated heterocycles. The van der Waals surface area contributed by atoms with Gasteiger partial charge in [0.1, 0.15) is 5.82 Å². The van der Waals surface area contributed by atoms with Crippen molar-refractivity contribution in [3.8, 4) is 0 Å². The lowest BCUT2D eigenvalue weighted by Crippen LogP contribution is -2.32. The van der Waals surface area contributed by atoms with Crippen LogP contribution in [0.2, 0.25) is 5.02 Å². The first kappa shape index (κ1) is 29.9. The predicted molar refractivity (Wildman–Crippen MR) is 147 cm³/mol. The number of carbonyl (C=O) groups excluding carboxylic acids is 1. The second-order valence-electron chi connectivity index (χ2n) is 6.52. The van der Waals surface area contributed by atoms with Gasteiger partial charge in [-0.1, -0.05) is 57.5 Å². The maximum Gasteiger partial charge on any atom is 0.248 e. The van der Waals surface area contributed by atoms with Crippen LogP contribution in [0, 0.1) is 5.82 Å². The van der Waals surface area contributed by atoms with Gasteiger partial charge in [0.25, 0.3) is 0 Å². The van der Waals surface area contributed by atoms with Gasteiger partial charge >= 0.3 is 0 Å². The summed E-state index contributed by atoms with van der Waals surface area (Å²) in [6.45, 7) is 8.46. The van der Waals surface area contributed by atoms with E-state index in [-0.39, 0.29) is 5.91 Å². The third-order valence-electron chi connectivity index (χ3n) is 4.26. The molecule has 1 aliphatic rings. The highest BCUT2D eigenvalue weighted by Crippen LogP contribution is 2.35. The lowest BCUT2D eigenvalue weighted by molar-refractivity contribution is -0.117. The van der Waals surface area contributed by atoms with Gasteiger partial charge in [-0.15, -0.1) is 0 Å². The van der Waals surface area contributed by atoms with Crippen molar-refractivity contribution in [2.75, 3.05) is 30.3 Å². The summed E-state index contributed by atoms with van der Waals surface area (Å²) < 4.78 is 16.3. The molecule has 0 unspecified atom stereocenters. The van der Waals surface area contributed by atoms with Crippen molar-refractivity contribution in [3.63, 3.8) is 0 Å². The summed E-state index contributed by atoms with van der Waals surface area (Å²) in [7, 11) is 3.38. The SMILES string of the molecule is CC.CC.CNC(=O)C1=Cc2cc(F)cc(Cl)c2N(C)C1.c1ccc(SNc2ncccn2)cc1. The van der Waals surface area contributed by atoms with Gasteiger partial charge < -0.3 is 10.2 Å². The largest absolute Gasteiger partial charge is 0.368 e. The van der Waals surface area contributed by atoms with E-state index in [1.807, 2.05) is 70.0 Å². The van der Waals surface area contributed by atoms with Gasteiger partial charge in [-0.3, -0.25) is 9.52 Å². The van der Waals surface area contributed by atoms with E-state index >= 15 is 0 Å². The number of nitrogens with one attached hydrogen (secondary N) is 2. The maximum atomic E-state index is 13.3. The number of amides is 1. The molecule has 1 aromatic heterocycles. The lowest BCUT2D eigenvalue weighted by atomic mass is 10.0. The first-order chi connectivity index (χ1) is 17.0. The molecule has 3 aromatic rings. The Hall–Kier alpha value is -3.10. The highest BCUT2D eigenvalue weighted by atomic mass is 35.5. The van der Waals surface area contributed by atoms with Gasteiger partial charge in [0.05, 0.1) is 10.7 Å². The van der Waals surface area contributed by atoms with Crippen LogP contribution in [0.4, 0.5) is 16.0 Å². The third-order valence-corrected chi connectivity index (χ3v) is 5.35. The van der Waals surface area contributed by atoms with E-state index in [2.05, 4.69) is 20.0 Å². The number of likely N-dealkylation sites (N-methyl/N-ethyl adjacent to an activating group) is 2. The zero-order chi connectivity index (χ0) is 26.2. The van der Waals surface area contributed by atoms with Gasteiger partial charge in [-0.2, -0.15) is 0 Å². The van der Waals surface area contributed by atoms with Crippen molar-refractivity contribution < 1.29 is 9.18 Å².